The third-order valence-corrected chi connectivity index (χ3v) is 5.41. The molecule has 0 amide bonds. The van der Waals surface area contributed by atoms with E-state index in [0.717, 1.165) is 22.6 Å². The molecule has 0 saturated carbocycles. The minimum atomic E-state index is -0.154. The third kappa shape index (κ3) is 4.05. The molecule has 0 fully saturated rings. The Morgan fingerprint density at radius 2 is 1.69 bits per heavy atom. The molecule has 0 spiro atoms. The highest BCUT2D eigenvalue weighted by molar-refractivity contribution is 7.15. The molecule has 4 aromatic rings. The van der Waals surface area contributed by atoms with Gasteiger partial charge in [0.05, 0.1) is 11.6 Å². The van der Waals surface area contributed by atoms with Crippen LogP contribution in [0.2, 0.25) is 0 Å². The van der Waals surface area contributed by atoms with Crippen LogP contribution in [-0.2, 0) is 0 Å². The molecule has 2 aromatic carbocycles. The fourth-order valence-corrected chi connectivity index (χ4v) is 3.74. The average Bonchev–Trinajstić information content (AvgIpc) is 3.26. The number of benzene rings is 2. The number of aromatic nitrogens is 3. The van der Waals surface area contributed by atoms with Crippen molar-refractivity contribution in [3.8, 4) is 5.75 Å². The van der Waals surface area contributed by atoms with Gasteiger partial charge in [-0.1, -0.05) is 41.7 Å². The quantitative estimate of drug-likeness (QED) is 0.512. The van der Waals surface area contributed by atoms with E-state index in [1.54, 1.807) is 13.2 Å². The summed E-state index contributed by atoms with van der Waals surface area (Å²) in [7, 11) is 5.63. The summed E-state index contributed by atoms with van der Waals surface area (Å²) in [6.07, 6.45) is 5.57. The Bertz CT molecular complexity index is 1270. The second-order valence-corrected chi connectivity index (χ2v) is 7.68. The summed E-state index contributed by atoms with van der Waals surface area (Å²) < 4.78 is 7.13. The second-order valence-electron chi connectivity index (χ2n) is 6.67. The first-order valence-electron chi connectivity index (χ1n) is 9.04. The van der Waals surface area contributed by atoms with Crippen LogP contribution in [0.4, 0.5) is 5.69 Å². The van der Waals surface area contributed by atoms with Gasteiger partial charge in [-0.05, 0) is 47.5 Å². The first kappa shape index (κ1) is 18.9. The van der Waals surface area contributed by atoms with Crippen molar-refractivity contribution in [3.05, 3.63) is 80.4 Å². The van der Waals surface area contributed by atoms with Gasteiger partial charge < -0.3 is 9.64 Å². The number of anilines is 1. The zero-order valence-electron chi connectivity index (χ0n) is 16.4. The Kier molecular flexibility index (Phi) is 5.14. The SMILES string of the molecule is COc1ccc(/C=C/c2nc3s/c(=C\c4ccc(N(C)C)cc4)c(=O)n3n2)cc1. The summed E-state index contributed by atoms with van der Waals surface area (Å²) >= 11 is 1.34. The van der Waals surface area contributed by atoms with Crippen LogP contribution in [0.15, 0.2) is 53.3 Å². The van der Waals surface area contributed by atoms with Crippen LogP contribution in [0.5, 0.6) is 5.75 Å². The summed E-state index contributed by atoms with van der Waals surface area (Å²) in [5.74, 6) is 1.31. The number of nitrogens with zero attached hydrogens (tertiary/aromatic N) is 4. The molecule has 6 nitrogen and oxygen atoms in total. The standard InChI is InChI=1S/C22H20N4O2S/c1-25(2)17-9-4-16(5-10-17)14-19-21(27)26-22(29-19)23-20(24-26)13-8-15-6-11-18(28-3)12-7-15/h4-14H,1-3H3/b13-8+,19-14-. The molecule has 0 unspecified atom stereocenters. The van der Waals surface area contributed by atoms with E-state index >= 15 is 0 Å². The number of hydrogen-bond donors (Lipinski definition) is 0. The van der Waals surface area contributed by atoms with E-state index in [1.807, 2.05) is 79.7 Å². The van der Waals surface area contributed by atoms with E-state index in [1.165, 1.54) is 15.9 Å². The van der Waals surface area contributed by atoms with Crippen LogP contribution >= 0.6 is 11.3 Å². The number of ether oxygens (including phenoxy) is 1. The second kappa shape index (κ2) is 7.89. The summed E-state index contributed by atoms with van der Waals surface area (Å²) in [6.45, 7) is 0. The Morgan fingerprint density at radius 3 is 2.31 bits per heavy atom. The maximum atomic E-state index is 12.7. The summed E-state index contributed by atoms with van der Waals surface area (Å²) in [5, 5.41) is 4.33. The largest absolute Gasteiger partial charge is 0.497 e. The fourth-order valence-electron chi connectivity index (χ4n) is 2.83. The molecule has 0 aliphatic carbocycles. The van der Waals surface area contributed by atoms with E-state index < -0.39 is 0 Å². The maximum absolute atomic E-state index is 12.7. The van der Waals surface area contributed by atoms with Gasteiger partial charge in [0.1, 0.15) is 5.75 Å². The highest BCUT2D eigenvalue weighted by Gasteiger charge is 2.09. The van der Waals surface area contributed by atoms with Gasteiger partial charge in [-0.3, -0.25) is 4.79 Å². The van der Waals surface area contributed by atoms with Gasteiger partial charge in [-0.15, -0.1) is 5.10 Å². The van der Waals surface area contributed by atoms with Crippen molar-refractivity contribution in [2.45, 2.75) is 0 Å². The highest BCUT2D eigenvalue weighted by Crippen LogP contribution is 2.14. The Morgan fingerprint density at radius 1 is 1.00 bits per heavy atom. The van der Waals surface area contributed by atoms with Crippen molar-refractivity contribution in [2.24, 2.45) is 0 Å². The van der Waals surface area contributed by atoms with E-state index in [-0.39, 0.29) is 5.56 Å². The predicted octanol–water partition coefficient (Wildman–Crippen LogP) is 2.94. The van der Waals surface area contributed by atoms with Crippen molar-refractivity contribution >= 4 is 40.2 Å². The minimum Gasteiger partial charge on any atom is -0.497 e. The molecule has 0 N–H and O–H groups in total. The molecule has 0 saturated heterocycles. The van der Waals surface area contributed by atoms with Gasteiger partial charge in [0.25, 0.3) is 5.56 Å². The zero-order chi connectivity index (χ0) is 20.4. The van der Waals surface area contributed by atoms with Gasteiger partial charge in [-0.2, -0.15) is 9.50 Å². The normalized spacial score (nSPS) is 12.2. The molecule has 2 heterocycles. The molecule has 29 heavy (non-hydrogen) atoms. The fraction of sp³-hybridized carbons (Fsp3) is 0.136. The van der Waals surface area contributed by atoms with Crippen LogP contribution in [-0.4, -0.2) is 35.8 Å². The lowest BCUT2D eigenvalue weighted by atomic mass is 10.2. The molecule has 146 valence electrons. The number of rotatable bonds is 5. The number of hydrogen-bond acceptors (Lipinski definition) is 6. The monoisotopic (exact) mass is 404 g/mol. The molecule has 7 heteroatoms. The molecule has 2 aromatic heterocycles. The van der Waals surface area contributed by atoms with Gasteiger partial charge in [-0.25, -0.2) is 0 Å². The summed E-state index contributed by atoms with van der Waals surface area (Å²) in [5.41, 5.74) is 2.93. The van der Waals surface area contributed by atoms with Gasteiger partial charge in [0, 0.05) is 19.8 Å². The molecule has 4 rings (SSSR count). The average molecular weight is 404 g/mol. The van der Waals surface area contributed by atoms with Gasteiger partial charge >= 0.3 is 0 Å². The minimum absolute atomic E-state index is 0.154. The summed E-state index contributed by atoms with van der Waals surface area (Å²) in [6, 6.07) is 15.7. The van der Waals surface area contributed by atoms with Gasteiger partial charge in [0.2, 0.25) is 4.96 Å². The number of methoxy groups -OCH3 is 1. The van der Waals surface area contributed by atoms with E-state index in [0.29, 0.717) is 15.3 Å². The zero-order valence-corrected chi connectivity index (χ0v) is 17.2. The van der Waals surface area contributed by atoms with Crippen LogP contribution in [0.25, 0.3) is 23.2 Å². The Hall–Kier alpha value is -3.45. The Balaban J connectivity index is 1.60. The number of fused-ring (bicyclic) bond motifs is 1. The van der Waals surface area contributed by atoms with Crippen molar-refractivity contribution in [1.82, 2.24) is 14.6 Å². The smallest absolute Gasteiger partial charge is 0.291 e. The molecular weight excluding hydrogens is 384 g/mol. The number of thiazole rings is 1. The molecule has 0 aliphatic heterocycles. The van der Waals surface area contributed by atoms with Crippen LogP contribution in [0, 0.1) is 0 Å². The molecular formula is C22H20N4O2S. The van der Waals surface area contributed by atoms with Gasteiger partial charge in [0.15, 0.2) is 5.82 Å². The van der Waals surface area contributed by atoms with Crippen molar-refractivity contribution < 1.29 is 4.74 Å². The molecule has 0 aliphatic rings. The lowest BCUT2D eigenvalue weighted by Gasteiger charge is -2.11. The lowest BCUT2D eigenvalue weighted by Crippen LogP contribution is -2.23. The van der Waals surface area contributed by atoms with Crippen LogP contribution in [0.1, 0.15) is 17.0 Å². The summed E-state index contributed by atoms with van der Waals surface area (Å²) in [4.78, 5) is 19.7. The molecule has 0 atom stereocenters. The Labute approximate surface area is 172 Å². The maximum Gasteiger partial charge on any atom is 0.291 e. The van der Waals surface area contributed by atoms with E-state index in [4.69, 9.17) is 4.74 Å². The van der Waals surface area contributed by atoms with Crippen molar-refractivity contribution in [2.75, 3.05) is 26.1 Å². The topological polar surface area (TPSA) is 59.7 Å². The third-order valence-electron chi connectivity index (χ3n) is 4.45. The predicted molar refractivity (Wildman–Crippen MR) is 119 cm³/mol. The first-order valence-corrected chi connectivity index (χ1v) is 9.86. The van der Waals surface area contributed by atoms with Crippen LogP contribution < -0.4 is 19.7 Å². The van der Waals surface area contributed by atoms with E-state index in [9.17, 15) is 4.79 Å². The van der Waals surface area contributed by atoms with E-state index in [2.05, 4.69) is 10.1 Å². The molecule has 0 bridgehead atoms. The first-order chi connectivity index (χ1) is 14.0. The lowest BCUT2D eigenvalue weighted by molar-refractivity contribution is 0.415. The van der Waals surface area contributed by atoms with Crippen molar-refractivity contribution in [3.63, 3.8) is 0 Å². The molecule has 0 radical (unpaired) electrons. The van der Waals surface area contributed by atoms with Crippen molar-refractivity contribution in [1.29, 1.82) is 0 Å². The highest BCUT2D eigenvalue weighted by atomic mass is 32.1. The van der Waals surface area contributed by atoms with Crippen LogP contribution in [0.3, 0.4) is 0 Å².